The van der Waals surface area contributed by atoms with Gasteiger partial charge in [-0.25, -0.2) is 0 Å². The maximum Gasteiger partial charge on any atom is 0.218 e. The number of carbonyl (C=O) groups excluding carboxylic acids is 1. The number of carbonyl (C=O) groups is 1. The predicted octanol–water partition coefficient (Wildman–Crippen LogP) is 10.4. The van der Waals surface area contributed by atoms with E-state index >= 15 is 0 Å². The minimum absolute atomic E-state index is 0.0120. The molecule has 1 aliphatic rings. The first-order valence-electron chi connectivity index (χ1n) is 15.8. The molecule has 1 aliphatic heterocycles. The van der Waals surface area contributed by atoms with Crippen molar-refractivity contribution in [2.75, 3.05) is 0 Å². The summed E-state index contributed by atoms with van der Waals surface area (Å²) in [6, 6.07) is 47.9. The molecule has 0 saturated carbocycles. The summed E-state index contributed by atoms with van der Waals surface area (Å²) in [6.07, 6.45) is 4.08. The summed E-state index contributed by atoms with van der Waals surface area (Å²) in [6.45, 7) is 9.08. The quantitative estimate of drug-likeness (QED) is 0.135. The number of benzene rings is 5. The SMILES string of the molecule is C=C1[n+]2ccccc2-c2cc(-c3cccc(C(=O)c4cc(-c5ccccc5)cc(-c5ccccc5)c4)c3)ccc2C1(CC)CC. The van der Waals surface area contributed by atoms with E-state index in [-0.39, 0.29) is 11.2 Å². The fraction of sp³-hybridized carbons (Fsp3) is 0.116. The molecule has 0 saturated heterocycles. The number of aromatic nitrogens is 1. The Kier molecular flexibility index (Phi) is 7.35. The Bertz CT molecular complexity index is 1990. The van der Waals surface area contributed by atoms with Gasteiger partial charge in [-0.05, 0) is 94.8 Å². The lowest BCUT2D eigenvalue weighted by Gasteiger charge is -2.35. The van der Waals surface area contributed by atoms with Crippen molar-refractivity contribution < 1.29 is 9.36 Å². The zero-order valence-electron chi connectivity index (χ0n) is 25.8. The van der Waals surface area contributed by atoms with Crippen LogP contribution in [0.25, 0.3) is 50.3 Å². The van der Waals surface area contributed by atoms with Gasteiger partial charge >= 0.3 is 0 Å². The topological polar surface area (TPSA) is 20.9 Å². The predicted molar refractivity (Wildman–Crippen MR) is 186 cm³/mol. The summed E-state index contributed by atoms with van der Waals surface area (Å²) in [5.41, 5.74) is 12.4. The second kappa shape index (κ2) is 11.6. The lowest BCUT2D eigenvalue weighted by Crippen LogP contribution is -2.48. The molecule has 0 fully saturated rings. The standard InChI is InChI=1S/C43H36NO/c1-4-43(5-2)30(3)44-24-13-12-21-41(44)39-29-34(22-23-40(39)43)33-19-14-20-35(25-33)42(45)38-27-36(31-15-8-6-9-16-31)26-37(28-38)32-17-10-7-11-18-32/h6-29H,3-5H2,1-2H3/q+1. The van der Waals surface area contributed by atoms with Crippen LogP contribution in [-0.2, 0) is 5.41 Å². The maximum atomic E-state index is 14.2. The Morgan fingerprint density at radius 2 is 1.16 bits per heavy atom. The summed E-state index contributed by atoms with van der Waals surface area (Å²) in [5.74, 6) is 0.0120. The molecule has 218 valence electrons. The molecule has 0 spiro atoms. The normalized spacial score (nSPS) is 13.2. The molecule has 0 N–H and O–H groups in total. The van der Waals surface area contributed by atoms with Gasteiger partial charge in [-0.1, -0.05) is 105 Å². The first-order valence-corrected chi connectivity index (χ1v) is 15.8. The fourth-order valence-corrected chi connectivity index (χ4v) is 7.04. The van der Waals surface area contributed by atoms with Crippen molar-refractivity contribution in [1.29, 1.82) is 0 Å². The Morgan fingerprint density at radius 1 is 0.578 bits per heavy atom. The summed E-state index contributed by atoms with van der Waals surface area (Å²) in [4.78, 5) is 14.2. The van der Waals surface area contributed by atoms with Crippen molar-refractivity contribution in [2.24, 2.45) is 0 Å². The van der Waals surface area contributed by atoms with Crippen LogP contribution in [0.5, 0.6) is 0 Å². The monoisotopic (exact) mass is 582 g/mol. The van der Waals surface area contributed by atoms with E-state index in [1.807, 2.05) is 66.7 Å². The second-order valence-electron chi connectivity index (χ2n) is 11.9. The zero-order valence-corrected chi connectivity index (χ0v) is 25.8. The van der Waals surface area contributed by atoms with Crippen molar-refractivity contribution >= 4 is 11.5 Å². The summed E-state index contributed by atoms with van der Waals surface area (Å²) >= 11 is 0. The largest absolute Gasteiger partial charge is 0.289 e. The molecule has 6 aromatic rings. The van der Waals surface area contributed by atoms with Crippen molar-refractivity contribution in [3.63, 3.8) is 0 Å². The van der Waals surface area contributed by atoms with Crippen molar-refractivity contribution in [1.82, 2.24) is 0 Å². The fourth-order valence-electron chi connectivity index (χ4n) is 7.04. The Labute approximate surface area is 266 Å². The molecular weight excluding hydrogens is 546 g/mol. The van der Waals surface area contributed by atoms with E-state index < -0.39 is 0 Å². The summed E-state index contributed by atoms with van der Waals surface area (Å²) in [7, 11) is 0. The highest BCUT2D eigenvalue weighted by atomic mass is 16.1. The minimum atomic E-state index is -0.120. The average Bonchev–Trinajstić information content (AvgIpc) is 3.12. The van der Waals surface area contributed by atoms with Gasteiger partial charge in [0.25, 0.3) is 0 Å². The number of hydrogen-bond acceptors (Lipinski definition) is 1. The molecule has 0 aliphatic carbocycles. The van der Waals surface area contributed by atoms with E-state index in [9.17, 15) is 4.79 Å². The van der Waals surface area contributed by atoms with Crippen molar-refractivity contribution in [2.45, 2.75) is 32.1 Å². The van der Waals surface area contributed by atoms with Gasteiger partial charge in [0.2, 0.25) is 5.69 Å². The third-order valence-corrected chi connectivity index (χ3v) is 9.59. The number of hydrogen-bond donors (Lipinski definition) is 0. The molecule has 0 unspecified atom stereocenters. The van der Waals surface area contributed by atoms with Crippen LogP contribution < -0.4 is 4.57 Å². The molecule has 2 heteroatoms. The van der Waals surface area contributed by atoms with Crippen LogP contribution >= 0.6 is 0 Å². The molecular formula is C43H36NO+. The van der Waals surface area contributed by atoms with Crippen molar-refractivity contribution in [3.8, 4) is 44.6 Å². The van der Waals surface area contributed by atoms with E-state index in [4.69, 9.17) is 0 Å². The van der Waals surface area contributed by atoms with E-state index in [0.29, 0.717) is 11.1 Å². The summed E-state index contributed by atoms with van der Waals surface area (Å²) in [5, 5.41) is 0. The highest BCUT2D eigenvalue weighted by molar-refractivity contribution is 6.11. The first kappa shape index (κ1) is 28.4. The van der Waals surface area contributed by atoms with Crippen LogP contribution in [0.3, 0.4) is 0 Å². The molecule has 2 nitrogen and oxygen atoms in total. The van der Waals surface area contributed by atoms with E-state index in [1.54, 1.807) is 0 Å². The van der Waals surface area contributed by atoms with E-state index in [1.165, 1.54) is 11.1 Å². The third kappa shape index (κ3) is 4.93. The van der Waals surface area contributed by atoms with Crippen LogP contribution in [0.4, 0.5) is 0 Å². The summed E-state index contributed by atoms with van der Waals surface area (Å²) < 4.78 is 2.25. The number of fused-ring (bicyclic) bond motifs is 3. The molecule has 0 bridgehead atoms. The Balaban J connectivity index is 1.31. The number of rotatable bonds is 7. The lowest BCUT2D eigenvalue weighted by atomic mass is 9.68. The molecule has 7 rings (SSSR count). The van der Waals surface area contributed by atoms with Gasteiger partial charge in [0.05, 0.1) is 11.0 Å². The smallest absolute Gasteiger partial charge is 0.218 e. The molecule has 2 heterocycles. The molecule has 1 aromatic heterocycles. The van der Waals surface area contributed by atoms with Crippen molar-refractivity contribution in [3.05, 3.63) is 169 Å². The molecule has 0 atom stereocenters. The average molecular weight is 583 g/mol. The van der Waals surface area contributed by atoms with Gasteiger partial charge in [-0.15, -0.1) is 0 Å². The Morgan fingerprint density at radius 3 is 1.80 bits per heavy atom. The number of nitrogens with zero attached hydrogens (tertiary/aromatic N) is 1. The van der Waals surface area contributed by atoms with Gasteiger partial charge in [0.1, 0.15) is 0 Å². The van der Waals surface area contributed by atoms with Gasteiger partial charge in [0, 0.05) is 23.3 Å². The van der Waals surface area contributed by atoms with Crippen LogP contribution in [0.15, 0.2) is 152 Å². The van der Waals surface area contributed by atoms with Crippen LogP contribution in [0.1, 0.15) is 48.2 Å². The minimum Gasteiger partial charge on any atom is -0.289 e. The van der Waals surface area contributed by atoms with Crippen LogP contribution in [0, 0.1) is 0 Å². The van der Waals surface area contributed by atoms with Gasteiger partial charge in [-0.3, -0.25) is 4.79 Å². The first-order chi connectivity index (χ1) is 22.0. The molecule has 0 amide bonds. The highest BCUT2D eigenvalue weighted by Gasteiger charge is 2.45. The Hall–Kier alpha value is -5.34. The molecule has 45 heavy (non-hydrogen) atoms. The highest BCUT2D eigenvalue weighted by Crippen LogP contribution is 2.47. The maximum absolute atomic E-state index is 14.2. The van der Waals surface area contributed by atoms with E-state index in [0.717, 1.165) is 57.6 Å². The van der Waals surface area contributed by atoms with E-state index in [2.05, 4.69) is 104 Å². The second-order valence-corrected chi connectivity index (χ2v) is 11.9. The number of ketones is 1. The van der Waals surface area contributed by atoms with Gasteiger partial charge in [0.15, 0.2) is 17.7 Å². The van der Waals surface area contributed by atoms with Gasteiger partial charge in [-0.2, -0.15) is 4.57 Å². The lowest BCUT2D eigenvalue weighted by molar-refractivity contribution is -0.577. The number of pyridine rings is 1. The zero-order chi connectivity index (χ0) is 31.0. The molecule has 5 aromatic carbocycles. The third-order valence-electron chi connectivity index (χ3n) is 9.59. The van der Waals surface area contributed by atoms with Crippen LogP contribution in [0.2, 0.25) is 0 Å². The van der Waals surface area contributed by atoms with Gasteiger partial charge < -0.3 is 0 Å². The number of allylic oxidation sites excluding steroid dienone is 1. The molecule has 0 radical (unpaired) electrons. The van der Waals surface area contributed by atoms with Crippen LogP contribution in [-0.4, -0.2) is 5.78 Å².